The normalized spacial score (nSPS) is 13.0. The first-order valence-electron chi connectivity index (χ1n) is 6.48. The Morgan fingerprint density at radius 2 is 1.90 bits per heavy atom. The van der Waals surface area contributed by atoms with Gasteiger partial charge in [-0.3, -0.25) is 19.3 Å². The van der Waals surface area contributed by atoms with Gasteiger partial charge in [-0.05, 0) is 32.0 Å². The Morgan fingerprint density at radius 3 is 2.57 bits per heavy atom. The maximum Gasteiger partial charge on any atom is 0.262 e. The molecule has 0 unspecified atom stereocenters. The lowest BCUT2D eigenvalue weighted by Crippen LogP contribution is -2.40. The molecule has 1 aliphatic heterocycles. The highest BCUT2D eigenvalue weighted by Crippen LogP contribution is 2.23. The van der Waals surface area contributed by atoms with Gasteiger partial charge in [0.2, 0.25) is 5.91 Å². The minimum absolute atomic E-state index is 0. The zero-order valence-electron chi connectivity index (χ0n) is 11.7. The fraction of sp³-hybridized carbons (Fsp3) is 0.357. The number of nitrogens with one attached hydrogen (secondary N) is 1. The van der Waals surface area contributed by atoms with Crippen LogP contribution in [0.25, 0.3) is 0 Å². The summed E-state index contributed by atoms with van der Waals surface area (Å²) in [4.78, 5) is 36.9. The smallest absolute Gasteiger partial charge is 0.262 e. The summed E-state index contributed by atoms with van der Waals surface area (Å²) in [6, 6.07) is 5.06. The monoisotopic (exact) mass is 311 g/mol. The molecule has 2 rings (SSSR count). The number of amides is 3. The van der Waals surface area contributed by atoms with Crippen molar-refractivity contribution in [2.24, 2.45) is 5.73 Å². The summed E-state index contributed by atoms with van der Waals surface area (Å²) < 4.78 is 0. The quantitative estimate of drug-likeness (QED) is 0.611. The highest BCUT2D eigenvalue weighted by atomic mass is 35.5. The molecule has 6 nitrogen and oxygen atoms in total. The van der Waals surface area contributed by atoms with E-state index in [0.29, 0.717) is 30.6 Å². The van der Waals surface area contributed by atoms with Gasteiger partial charge in [-0.15, -0.1) is 12.4 Å². The lowest BCUT2D eigenvalue weighted by atomic mass is 10.1. The lowest BCUT2D eigenvalue weighted by Gasteiger charge is -2.13. The molecule has 3 amide bonds. The average Bonchev–Trinajstić information content (AvgIpc) is 2.64. The van der Waals surface area contributed by atoms with Crippen molar-refractivity contribution in [3.8, 4) is 0 Å². The fourth-order valence-electron chi connectivity index (χ4n) is 2.08. The van der Waals surface area contributed by atoms with Crippen LogP contribution in [0.5, 0.6) is 0 Å². The Hall–Kier alpha value is -1.92. The molecule has 0 saturated carbocycles. The molecule has 0 atom stereocenters. The van der Waals surface area contributed by atoms with Gasteiger partial charge in [-0.2, -0.15) is 0 Å². The number of carbonyl (C=O) groups is 3. The largest absolute Gasteiger partial charge is 0.354 e. The van der Waals surface area contributed by atoms with Crippen LogP contribution in [0.2, 0.25) is 0 Å². The third-order valence-electron chi connectivity index (χ3n) is 3.13. The predicted molar refractivity (Wildman–Crippen MR) is 80.5 cm³/mol. The van der Waals surface area contributed by atoms with Crippen molar-refractivity contribution in [3.63, 3.8) is 0 Å². The van der Waals surface area contributed by atoms with Crippen LogP contribution in [-0.2, 0) is 4.79 Å². The van der Waals surface area contributed by atoms with E-state index in [0.717, 1.165) is 10.5 Å². The van der Waals surface area contributed by atoms with Crippen LogP contribution in [0, 0.1) is 6.92 Å². The van der Waals surface area contributed by atoms with E-state index in [4.69, 9.17) is 5.73 Å². The number of benzene rings is 1. The van der Waals surface area contributed by atoms with E-state index in [1.165, 1.54) is 0 Å². The number of imide groups is 1. The van der Waals surface area contributed by atoms with Crippen LogP contribution in [-0.4, -0.2) is 42.3 Å². The van der Waals surface area contributed by atoms with Crippen molar-refractivity contribution in [2.75, 3.05) is 19.6 Å². The number of nitrogens with zero attached hydrogens (tertiary/aromatic N) is 1. The number of hydrogen-bond acceptors (Lipinski definition) is 4. The Labute approximate surface area is 129 Å². The van der Waals surface area contributed by atoms with E-state index in [-0.39, 0.29) is 24.9 Å². The topological polar surface area (TPSA) is 92.5 Å². The van der Waals surface area contributed by atoms with E-state index in [2.05, 4.69) is 5.32 Å². The van der Waals surface area contributed by atoms with Gasteiger partial charge in [0.05, 0.1) is 11.1 Å². The molecule has 0 saturated heterocycles. The zero-order valence-corrected chi connectivity index (χ0v) is 12.5. The predicted octanol–water partition coefficient (Wildman–Crippen LogP) is 0.478. The van der Waals surface area contributed by atoms with Gasteiger partial charge in [0.25, 0.3) is 11.8 Å². The van der Waals surface area contributed by atoms with Crippen LogP contribution in [0.4, 0.5) is 0 Å². The first-order valence-corrected chi connectivity index (χ1v) is 6.48. The van der Waals surface area contributed by atoms with Crippen LogP contribution in [0.1, 0.15) is 32.7 Å². The molecule has 7 heteroatoms. The number of halogens is 1. The maximum atomic E-state index is 12.1. The number of aryl methyl sites for hydroxylation is 1. The molecule has 1 aromatic rings. The molecule has 0 fully saturated rings. The molecule has 1 aromatic carbocycles. The highest BCUT2D eigenvalue weighted by Gasteiger charge is 2.36. The summed E-state index contributed by atoms with van der Waals surface area (Å²) in [7, 11) is 0. The number of fused-ring (bicyclic) bond motifs is 1. The lowest BCUT2D eigenvalue weighted by molar-refractivity contribution is -0.121. The van der Waals surface area contributed by atoms with Crippen LogP contribution >= 0.6 is 12.4 Å². The first-order chi connectivity index (χ1) is 9.54. The van der Waals surface area contributed by atoms with E-state index in [1.807, 2.05) is 6.92 Å². The summed E-state index contributed by atoms with van der Waals surface area (Å²) in [5, 5.41) is 2.62. The van der Waals surface area contributed by atoms with Gasteiger partial charge < -0.3 is 11.1 Å². The van der Waals surface area contributed by atoms with E-state index in [9.17, 15) is 14.4 Å². The molecule has 114 valence electrons. The molecule has 3 N–H and O–H groups in total. The Morgan fingerprint density at radius 1 is 1.24 bits per heavy atom. The van der Waals surface area contributed by atoms with Crippen molar-refractivity contribution >= 4 is 30.1 Å². The first kappa shape index (κ1) is 17.1. The van der Waals surface area contributed by atoms with Gasteiger partial charge in [0, 0.05) is 6.54 Å². The summed E-state index contributed by atoms with van der Waals surface area (Å²) in [6.07, 6.45) is 0.660. The van der Waals surface area contributed by atoms with Crippen molar-refractivity contribution < 1.29 is 14.4 Å². The van der Waals surface area contributed by atoms with Crippen molar-refractivity contribution in [3.05, 3.63) is 34.9 Å². The summed E-state index contributed by atoms with van der Waals surface area (Å²) in [6.45, 7) is 2.51. The molecule has 21 heavy (non-hydrogen) atoms. The maximum absolute atomic E-state index is 12.1. The third-order valence-corrected chi connectivity index (χ3v) is 3.13. The molecule has 1 heterocycles. The molecule has 0 aromatic heterocycles. The minimum atomic E-state index is -0.418. The number of nitrogens with two attached hydrogens (primary N) is 1. The van der Waals surface area contributed by atoms with Gasteiger partial charge >= 0.3 is 0 Å². The van der Waals surface area contributed by atoms with Crippen molar-refractivity contribution in [2.45, 2.75) is 13.3 Å². The average molecular weight is 312 g/mol. The molecule has 0 spiro atoms. The standard InChI is InChI=1S/C14H17N3O3.ClH/c1-9-3-4-10-11(7-9)14(20)17(13(10)19)8-12(18)16-6-2-5-15;/h3-4,7H,2,5-6,8,15H2,1H3,(H,16,18);1H. The SMILES string of the molecule is Cc1ccc2c(c1)C(=O)N(CC(=O)NCCCN)C2=O.Cl. The Balaban J connectivity index is 0.00000220. The summed E-state index contributed by atoms with van der Waals surface area (Å²) in [5.41, 5.74) is 6.95. The number of carbonyl (C=O) groups excluding carboxylic acids is 3. The molecule has 1 aliphatic rings. The van der Waals surface area contributed by atoms with E-state index < -0.39 is 11.8 Å². The molecular weight excluding hydrogens is 294 g/mol. The van der Waals surface area contributed by atoms with Gasteiger partial charge in [-0.1, -0.05) is 11.6 Å². The second-order valence-electron chi connectivity index (χ2n) is 4.74. The van der Waals surface area contributed by atoms with Crippen LogP contribution in [0.15, 0.2) is 18.2 Å². The van der Waals surface area contributed by atoms with Crippen molar-refractivity contribution in [1.29, 1.82) is 0 Å². The molecular formula is C14H18ClN3O3. The van der Waals surface area contributed by atoms with Gasteiger partial charge in [0.15, 0.2) is 0 Å². The second kappa shape index (κ2) is 7.19. The van der Waals surface area contributed by atoms with Crippen LogP contribution in [0.3, 0.4) is 0 Å². The number of rotatable bonds is 5. The minimum Gasteiger partial charge on any atom is -0.354 e. The highest BCUT2D eigenvalue weighted by molar-refractivity contribution is 6.22. The zero-order chi connectivity index (χ0) is 14.7. The Kier molecular flexibility index (Phi) is 5.87. The molecule has 0 aliphatic carbocycles. The van der Waals surface area contributed by atoms with Gasteiger partial charge in [0.1, 0.15) is 6.54 Å². The number of hydrogen-bond donors (Lipinski definition) is 2. The van der Waals surface area contributed by atoms with Gasteiger partial charge in [-0.25, -0.2) is 0 Å². The summed E-state index contributed by atoms with van der Waals surface area (Å²) in [5.74, 6) is -1.19. The van der Waals surface area contributed by atoms with Crippen LogP contribution < -0.4 is 11.1 Å². The van der Waals surface area contributed by atoms with E-state index >= 15 is 0 Å². The van der Waals surface area contributed by atoms with E-state index in [1.54, 1.807) is 18.2 Å². The fourth-order valence-corrected chi connectivity index (χ4v) is 2.08. The van der Waals surface area contributed by atoms with Crippen molar-refractivity contribution in [1.82, 2.24) is 10.2 Å². The summed E-state index contributed by atoms with van der Waals surface area (Å²) >= 11 is 0. The third kappa shape index (κ3) is 3.59. The molecule has 0 radical (unpaired) electrons. The molecule has 0 bridgehead atoms. The Bertz CT molecular complexity index is 575. The second-order valence-corrected chi connectivity index (χ2v) is 4.74.